The largest absolute Gasteiger partial charge is 0.310 e. The Hall–Kier alpha value is -6.44. The lowest BCUT2D eigenvalue weighted by Crippen LogP contribution is -2.27. The van der Waals surface area contributed by atoms with Crippen LogP contribution in [0.15, 0.2) is 176 Å². The number of anilines is 3. The summed E-state index contributed by atoms with van der Waals surface area (Å²) in [7, 11) is 0. The maximum absolute atomic E-state index is 8.61. The van der Waals surface area contributed by atoms with Crippen LogP contribution >= 0.6 is 0 Å². The lowest BCUT2D eigenvalue weighted by atomic mass is 9.69. The Morgan fingerprint density at radius 2 is 0.881 bits per heavy atom. The second kappa shape index (κ2) is 12.8. The van der Waals surface area contributed by atoms with Crippen molar-refractivity contribution in [2.45, 2.75) is 64.2 Å². The van der Waals surface area contributed by atoms with Gasteiger partial charge in [-0.3, -0.25) is 0 Å². The van der Waals surface area contributed by atoms with Crippen LogP contribution in [0.5, 0.6) is 0 Å². The number of hydrogen-bond donors (Lipinski definition) is 0. The first-order chi connectivity index (χ1) is 29.3. The third kappa shape index (κ3) is 5.04. The van der Waals surface area contributed by atoms with Gasteiger partial charge in [-0.05, 0) is 137 Å². The SMILES string of the molecule is [2H]C([2H])(C)c1ccccc1-c1ccc(N(c2ccc3c(c2)C(C)(C)c2ccccc2-3)c2ccc3c(c2)C2(c4ccccc4-3)c3ccccc3-c3ccc(C(C)(C)C)cc32)cc1. The zero-order valence-corrected chi connectivity index (χ0v) is 34.7. The second-order valence-electron chi connectivity index (χ2n) is 18.2. The number of benzene rings is 8. The Morgan fingerprint density at radius 3 is 1.47 bits per heavy atom. The lowest BCUT2D eigenvalue weighted by Gasteiger charge is -2.33. The molecule has 11 rings (SSSR count). The monoisotopic (exact) mass is 761 g/mol. The fraction of sp³-hybridized carbons (Fsp3) is 0.172. The van der Waals surface area contributed by atoms with Crippen molar-refractivity contribution in [3.63, 3.8) is 0 Å². The van der Waals surface area contributed by atoms with Crippen LogP contribution < -0.4 is 4.90 Å². The van der Waals surface area contributed by atoms with E-state index in [2.05, 4.69) is 191 Å². The molecular weight excluding hydrogens is 711 g/mol. The van der Waals surface area contributed by atoms with Crippen molar-refractivity contribution in [2.75, 3.05) is 4.90 Å². The van der Waals surface area contributed by atoms with Gasteiger partial charge in [0.25, 0.3) is 0 Å². The zero-order valence-electron chi connectivity index (χ0n) is 36.7. The number of hydrogen-bond acceptors (Lipinski definition) is 1. The Kier molecular flexibility index (Phi) is 7.26. The van der Waals surface area contributed by atoms with Gasteiger partial charge in [0.15, 0.2) is 0 Å². The first-order valence-corrected chi connectivity index (χ1v) is 21.0. The van der Waals surface area contributed by atoms with E-state index in [1.807, 2.05) is 24.3 Å². The van der Waals surface area contributed by atoms with Crippen molar-refractivity contribution in [3.05, 3.63) is 220 Å². The second-order valence-corrected chi connectivity index (χ2v) is 18.2. The molecule has 1 unspecified atom stereocenters. The molecule has 0 saturated carbocycles. The van der Waals surface area contributed by atoms with Gasteiger partial charge in [-0.25, -0.2) is 0 Å². The normalized spacial score (nSPS) is 17.0. The zero-order chi connectivity index (χ0) is 42.1. The average molecular weight is 762 g/mol. The third-order valence-corrected chi connectivity index (χ3v) is 13.7. The third-order valence-electron chi connectivity index (χ3n) is 13.7. The number of fused-ring (bicyclic) bond motifs is 13. The van der Waals surface area contributed by atoms with E-state index in [0.29, 0.717) is 5.56 Å². The highest BCUT2D eigenvalue weighted by molar-refractivity contribution is 5.97. The van der Waals surface area contributed by atoms with Gasteiger partial charge < -0.3 is 4.90 Å². The van der Waals surface area contributed by atoms with Crippen molar-refractivity contribution in [3.8, 4) is 44.5 Å². The number of nitrogens with zero attached hydrogens (tertiary/aromatic N) is 1. The summed E-state index contributed by atoms with van der Waals surface area (Å²) in [5, 5.41) is 0. The lowest BCUT2D eigenvalue weighted by molar-refractivity contribution is 0.588. The smallest absolute Gasteiger partial charge is 0.0726 e. The molecule has 0 saturated heterocycles. The van der Waals surface area contributed by atoms with Crippen LogP contribution in [-0.4, -0.2) is 0 Å². The molecular formula is C58H49N. The van der Waals surface area contributed by atoms with Crippen LogP contribution in [0.4, 0.5) is 17.1 Å². The highest BCUT2D eigenvalue weighted by atomic mass is 15.1. The Bertz CT molecular complexity index is 3070. The summed E-state index contributed by atoms with van der Waals surface area (Å²) in [6.45, 7) is 13.3. The fourth-order valence-corrected chi connectivity index (χ4v) is 10.8. The maximum atomic E-state index is 8.61. The van der Waals surface area contributed by atoms with Gasteiger partial charge in [0.05, 0.1) is 5.41 Å². The molecule has 59 heavy (non-hydrogen) atoms. The molecule has 8 aromatic rings. The van der Waals surface area contributed by atoms with Gasteiger partial charge in [0, 0.05) is 25.2 Å². The van der Waals surface area contributed by atoms with E-state index < -0.39 is 11.8 Å². The number of rotatable bonds is 5. The van der Waals surface area contributed by atoms with Gasteiger partial charge >= 0.3 is 0 Å². The van der Waals surface area contributed by atoms with E-state index in [-0.39, 0.29) is 10.8 Å². The molecule has 0 aromatic heterocycles. The molecule has 0 heterocycles. The van der Waals surface area contributed by atoms with E-state index in [1.54, 1.807) is 6.92 Å². The standard InChI is InChI=1S/C58H49N/c1-7-37-16-8-9-17-43(37)38-24-27-40(28-25-38)59(41-29-32-47-44-18-10-13-21-50(44)57(5,6)53(47)35-41)42-30-33-49-46-20-12-15-23-52(46)58(55(49)36-42)51-22-14-11-19-45(51)48-31-26-39(34-54(48)58)56(2,3)4/h8-36H,7H2,1-6H3/i7D2. The maximum Gasteiger partial charge on any atom is 0.0726 e. The van der Waals surface area contributed by atoms with Crippen LogP contribution in [0.3, 0.4) is 0 Å². The summed E-state index contributed by atoms with van der Waals surface area (Å²) >= 11 is 0. The van der Waals surface area contributed by atoms with E-state index in [4.69, 9.17) is 2.74 Å². The predicted molar refractivity (Wildman–Crippen MR) is 249 cm³/mol. The molecule has 8 aromatic carbocycles. The topological polar surface area (TPSA) is 3.24 Å². The minimum atomic E-state index is -1.47. The molecule has 3 aliphatic rings. The first-order valence-electron chi connectivity index (χ1n) is 22.0. The van der Waals surface area contributed by atoms with Crippen LogP contribution in [0, 0.1) is 0 Å². The van der Waals surface area contributed by atoms with Crippen LogP contribution in [0.25, 0.3) is 44.5 Å². The van der Waals surface area contributed by atoms with Crippen LogP contribution in [0.2, 0.25) is 0 Å². The first kappa shape index (κ1) is 33.5. The van der Waals surface area contributed by atoms with Gasteiger partial charge in [0.1, 0.15) is 0 Å². The van der Waals surface area contributed by atoms with Crippen LogP contribution in [0.1, 0.15) is 88.8 Å². The molecule has 1 heteroatoms. The molecule has 0 bridgehead atoms. The average Bonchev–Trinajstić information content (AvgIpc) is 3.81. The molecule has 1 spiro atoms. The van der Waals surface area contributed by atoms with E-state index in [0.717, 1.165) is 28.2 Å². The predicted octanol–water partition coefficient (Wildman–Crippen LogP) is 15.3. The molecule has 1 atom stereocenters. The Labute approximate surface area is 352 Å². The van der Waals surface area contributed by atoms with Crippen LogP contribution in [-0.2, 0) is 22.6 Å². The molecule has 0 radical (unpaired) electrons. The highest BCUT2D eigenvalue weighted by Crippen LogP contribution is 2.64. The quantitative estimate of drug-likeness (QED) is 0.169. The van der Waals surface area contributed by atoms with Crippen molar-refractivity contribution >= 4 is 17.1 Å². The van der Waals surface area contributed by atoms with Gasteiger partial charge in [-0.15, -0.1) is 0 Å². The summed E-state index contributed by atoms with van der Waals surface area (Å²) in [6, 6.07) is 64.9. The van der Waals surface area contributed by atoms with Gasteiger partial charge in [0.2, 0.25) is 0 Å². The summed E-state index contributed by atoms with van der Waals surface area (Å²) in [6.07, 6.45) is -1.47. The van der Waals surface area contributed by atoms with E-state index in [1.165, 1.54) is 72.3 Å². The Morgan fingerprint density at radius 1 is 0.441 bits per heavy atom. The molecule has 0 N–H and O–H groups in total. The Balaban J connectivity index is 1.15. The number of aryl methyl sites for hydroxylation is 1. The van der Waals surface area contributed by atoms with E-state index in [9.17, 15) is 0 Å². The van der Waals surface area contributed by atoms with Crippen molar-refractivity contribution in [1.29, 1.82) is 0 Å². The molecule has 1 nitrogen and oxygen atoms in total. The van der Waals surface area contributed by atoms with Gasteiger partial charge in [-0.2, -0.15) is 0 Å². The molecule has 3 aliphatic carbocycles. The summed E-state index contributed by atoms with van der Waals surface area (Å²) in [5.41, 5.74) is 22.3. The van der Waals surface area contributed by atoms with Crippen molar-refractivity contribution in [2.24, 2.45) is 0 Å². The molecule has 286 valence electrons. The fourth-order valence-electron chi connectivity index (χ4n) is 10.8. The summed E-state index contributed by atoms with van der Waals surface area (Å²) in [4.78, 5) is 2.43. The summed E-state index contributed by atoms with van der Waals surface area (Å²) < 4.78 is 17.2. The molecule has 0 fully saturated rings. The highest BCUT2D eigenvalue weighted by Gasteiger charge is 2.52. The minimum Gasteiger partial charge on any atom is -0.310 e. The molecule has 0 aliphatic heterocycles. The minimum absolute atomic E-state index is 0.0156. The van der Waals surface area contributed by atoms with Crippen molar-refractivity contribution < 1.29 is 2.74 Å². The van der Waals surface area contributed by atoms with Crippen molar-refractivity contribution in [1.82, 2.24) is 0 Å². The van der Waals surface area contributed by atoms with E-state index >= 15 is 0 Å². The summed E-state index contributed by atoms with van der Waals surface area (Å²) in [5.74, 6) is 0. The van der Waals surface area contributed by atoms with Gasteiger partial charge in [-0.1, -0.05) is 181 Å². The molecule has 0 amide bonds.